The molecule has 4 N–H and O–H groups in total. The summed E-state index contributed by atoms with van der Waals surface area (Å²) in [5.74, 6) is 5.70. The van der Waals surface area contributed by atoms with Crippen LogP contribution in [0.2, 0.25) is 0 Å². The van der Waals surface area contributed by atoms with Crippen LogP contribution in [0.15, 0.2) is 18.3 Å². The van der Waals surface area contributed by atoms with Gasteiger partial charge in [-0.05, 0) is 37.8 Å². The Kier molecular flexibility index (Phi) is 5.14. The van der Waals surface area contributed by atoms with Gasteiger partial charge in [0.25, 0.3) is 5.91 Å². The molecule has 1 aliphatic rings. The van der Waals surface area contributed by atoms with Crippen molar-refractivity contribution in [3.8, 4) is 0 Å². The third-order valence-electron chi connectivity index (χ3n) is 4.29. The van der Waals surface area contributed by atoms with Crippen molar-refractivity contribution in [2.75, 3.05) is 12.0 Å². The zero-order valence-electron chi connectivity index (χ0n) is 12.7. The number of rotatable bonds is 5. The Morgan fingerprint density at radius 2 is 2.24 bits per heavy atom. The lowest BCUT2D eigenvalue weighted by atomic mass is 9.86. The molecule has 116 valence electrons. The highest BCUT2D eigenvalue weighted by Crippen LogP contribution is 2.31. The summed E-state index contributed by atoms with van der Waals surface area (Å²) in [6, 6.07) is 3.55. The van der Waals surface area contributed by atoms with E-state index in [1.54, 1.807) is 12.1 Å². The minimum atomic E-state index is -0.0981. The lowest BCUT2D eigenvalue weighted by Crippen LogP contribution is -2.48. The van der Waals surface area contributed by atoms with Gasteiger partial charge in [-0.15, -0.1) is 0 Å². The number of nitrogens with one attached hydrogen (secondary N) is 2. The van der Waals surface area contributed by atoms with E-state index in [0.717, 1.165) is 25.7 Å². The number of anilines is 1. The van der Waals surface area contributed by atoms with Crippen LogP contribution in [-0.4, -0.2) is 29.1 Å². The van der Waals surface area contributed by atoms with Crippen LogP contribution in [0.1, 0.15) is 49.9 Å². The van der Waals surface area contributed by atoms with Crippen molar-refractivity contribution in [3.05, 3.63) is 23.9 Å². The van der Waals surface area contributed by atoms with Crippen LogP contribution in [-0.2, 0) is 4.74 Å². The monoisotopic (exact) mass is 292 g/mol. The highest BCUT2D eigenvalue weighted by molar-refractivity contribution is 5.94. The number of aromatic nitrogens is 1. The molecule has 1 aliphatic heterocycles. The lowest BCUT2D eigenvalue weighted by molar-refractivity contribution is -0.0917. The van der Waals surface area contributed by atoms with E-state index in [0.29, 0.717) is 18.0 Å². The molecule has 6 nitrogen and oxygen atoms in total. The second-order valence-corrected chi connectivity index (χ2v) is 5.48. The van der Waals surface area contributed by atoms with E-state index < -0.39 is 0 Å². The van der Waals surface area contributed by atoms with Gasteiger partial charge < -0.3 is 15.5 Å². The highest BCUT2D eigenvalue weighted by Gasteiger charge is 2.35. The maximum absolute atomic E-state index is 12.3. The number of pyridine rings is 1. The molecule has 0 aliphatic carbocycles. The Morgan fingerprint density at radius 3 is 2.81 bits per heavy atom. The molecule has 0 spiro atoms. The van der Waals surface area contributed by atoms with Crippen LogP contribution in [0.4, 0.5) is 5.82 Å². The fourth-order valence-corrected chi connectivity index (χ4v) is 2.78. The quantitative estimate of drug-likeness (QED) is 0.569. The Labute approximate surface area is 125 Å². The predicted octanol–water partition coefficient (Wildman–Crippen LogP) is 1.83. The predicted molar refractivity (Wildman–Crippen MR) is 81.8 cm³/mol. The van der Waals surface area contributed by atoms with Crippen molar-refractivity contribution in [2.45, 2.75) is 51.2 Å². The molecule has 1 fully saturated rings. The zero-order valence-corrected chi connectivity index (χ0v) is 12.7. The molecule has 1 atom stereocenters. The van der Waals surface area contributed by atoms with E-state index in [4.69, 9.17) is 10.6 Å². The summed E-state index contributed by atoms with van der Waals surface area (Å²) in [6.07, 6.45) is 5.17. The number of nitrogens with two attached hydrogens (primary N) is 1. The first-order valence-electron chi connectivity index (χ1n) is 7.50. The summed E-state index contributed by atoms with van der Waals surface area (Å²) >= 11 is 0. The first-order valence-corrected chi connectivity index (χ1v) is 7.50. The summed E-state index contributed by atoms with van der Waals surface area (Å²) in [5, 5.41) is 3.09. The Balaban J connectivity index is 1.98. The summed E-state index contributed by atoms with van der Waals surface area (Å²) in [7, 11) is 0. The average Bonchev–Trinajstić information content (AvgIpc) is 2.55. The van der Waals surface area contributed by atoms with Crippen molar-refractivity contribution in [1.82, 2.24) is 10.3 Å². The fraction of sp³-hybridized carbons (Fsp3) is 0.600. The van der Waals surface area contributed by atoms with Crippen molar-refractivity contribution >= 4 is 11.7 Å². The Hall–Kier alpha value is -1.66. The van der Waals surface area contributed by atoms with Crippen LogP contribution in [0.5, 0.6) is 0 Å². The molecule has 1 aromatic rings. The van der Waals surface area contributed by atoms with Crippen LogP contribution in [0.3, 0.4) is 0 Å². The molecule has 2 rings (SSSR count). The molecular weight excluding hydrogens is 268 g/mol. The molecule has 2 heterocycles. The van der Waals surface area contributed by atoms with Crippen LogP contribution < -0.4 is 16.6 Å². The zero-order chi connectivity index (χ0) is 15.3. The van der Waals surface area contributed by atoms with Crippen molar-refractivity contribution in [3.63, 3.8) is 0 Å². The SMILES string of the molecule is CCC1(CC)CC(NC(=O)c2ccc(NN)nc2)CCO1. The van der Waals surface area contributed by atoms with Crippen molar-refractivity contribution < 1.29 is 9.53 Å². The molecule has 1 saturated heterocycles. The number of ether oxygens (including phenoxy) is 1. The molecular formula is C15H24N4O2. The molecule has 0 aromatic carbocycles. The number of nitrogens with zero attached hydrogens (tertiary/aromatic N) is 1. The molecule has 21 heavy (non-hydrogen) atoms. The van der Waals surface area contributed by atoms with Gasteiger partial charge in [0.2, 0.25) is 0 Å². The van der Waals surface area contributed by atoms with Gasteiger partial charge in [-0.3, -0.25) is 4.79 Å². The topological polar surface area (TPSA) is 89.3 Å². The fourth-order valence-electron chi connectivity index (χ4n) is 2.78. The third-order valence-corrected chi connectivity index (χ3v) is 4.29. The van der Waals surface area contributed by atoms with E-state index in [1.807, 2.05) is 0 Å². The standard InChI is InChI=1S/C15H24N4O2/c1-3-15(4-2)9-12(7-8-21-15)18-14(20)11-5-6-13(19-16)17-10-11/h5-6,10,12H,3-4,7-9,16H2,1-2H3,(H,17,19)(H,18,20). The first kappa shape index (κ1) is 15.7. The first-order chi connectivity index (χ1) is 10.1. The van der Waals surface area contributed by atoms with Crippen molar-refractivity contribution in [1.29, 1.82) is 0 Å². The van der Waals surface area contributed by atoms with Gasteiger partial charge in [0, 0.05) is 18.8 Å². The smallest absolute Gasteiger partial charge is 0.253 e. The summed E-state index contributed by atoms with van der Waals surface area (Å²) < 4.78 is 5.93. The Bertz CT molecular complexity index is 471. The minimum Gasteiger partial charge on any atom is -0.375 e. The summed E-state index contributed by atoms with van der Waals surface area (Å²) in [6.45, 7) is 4.97. The second-order valence-electron chi connectivity index (χ2n) is 5.48. The number of hydrazine groups is 1. The third kappa shape index (κ3) is 3.71. The number of hydrogen-bond donors (Lipinski definition) is 3. The van der Waals surface area contributed by atoms with Crippen molar-refractivity contribution in [2.24, 2.45) is 5.84 Å². The maximum Gasteiger partial charge on any atom is 0.253 e. The van der Waals surface area contributed by atoms with Gasteiger partial charge in [0.1, 0.15) is 5.82 Å². The number of hydrogen-bond acceptors (Lipinski definition) is 5. The summed E-state index contributed by atoms with van der Waals surface area (Å²) in [4.78, 5) is 16.3. The van der Waals surface area contributed by atoms with E-state index >= 15 is 0 Å². The van der Waals surface area contributed by atoms with Gasteiger partial charge in [0.15, 0.2) is 0 Å². The number of carbonyl (C=O) groups is 1. The largest absolute Gasteiger partial charge is 0.375 e. The van der Waals surface area contributed by atoms with E-state index in [2.05, 4.69) is 29.6 Å². The number of carbonyl (C=O) groups excluding carboxylic acids is 1. The molecule has 1 aromatic heterocycles. The van der Waals surface area contributed by atoms with Crippen LogP contribution in [0, 0.1) is 0 Å². The summed E-state index contributed by atoms with van der Waals surface area (Å²) in [5.41, 5.74) is 2.89. The molecule has 0 bridgehead atoms. The number of nitrogen functional groups attached to an aromatic ring is 1. The van der Waals surface area contributed by atoms with Crippen LogP contribution in [0.25, 0.3) is 0 Å². The van der Waals surface area contributed by atoms with Crippen LogP contribution >= 0.6 is 0 Å². The average molecular weight is 292 g/mol. The molecule has 1 unspecified atom stereocenters. The van der Waals surface area contributed by atoms with Gasteiger partial charge in [-0.25, -0.2) is 10.8 Å². The molecule has 1 amide bonds. The van der Waals surface area contributed by atoms with Gasteiger partial charge in [-0.2, -0.15) is 0 Å². The van der Waals surface area contributed by atoms with E-state index in [1.165, 1.54) is 6.20 Å². The second kappa shape index (κ2) is 6.87. The van der Waals surface area contributed by atoms with Gasteiger partial charge in [0.05, 0.1) is 11.2 Å². The molecule has 0 radical (unpaired) electrons. The highest BCUT2D eigenvalue weighted by atomic mass is 16.5. The van der Waals surface area contributed by atoms with E-state index in [-0.39, 0.29) is 17.6 Å². The lowest BCUT2D eigenvalue weighted by Gasteiger charge is -2.40. The van der Waals surface area contributed by atoms with Gasteiger partial charge >= 0.3 is 0 Å². The molecule has 0 saturated carbocycles. The van der Waals surface area contributed by atoms with Gasteiger partial charge in [-0.1, -0.05) is 13.8 Å². The molecule has 6 heteroatoms. The number of amides is 1. The maximum atomic E-state index is 12.3. The minimum absolute atomic E-state index is 0.0955. The Morgan fingerprint density at radius 1 is 1.48 bits per heavy atom. The van der Waals surface area contributed by atoms with E-state index in [9.17, 15) is 4.79 Å². The normalized spacial score (nSPS) is 20.8.